The van der Waals surface area contributed by atoms with Gasteiger partial charge in [0.15, 0.2) is 11.4 Å². The average molecular weight is 532 g/mol. The first-order chi connectivity index (χ1) is 17.7. The number of nitrogens with zero attached hydrogens (tertiary/aromatic N) is 7. The molecular weight excluding hydrogens is 507 g/mol. The number of hydrogen-bond donors (Lipinski definition) is 0. The van der Waals surface area contributed by atoms with Crippen LogP contribution in [0.3, 0.4) is 0 Å². The van der Waals surface area contributed by atoms with Gasteiger partial charge in [-0.15, -0.1) is 10.2 Å². The minimum Gasteiger partial charge on any atom is -0.377 e. The summed E-state index contributed by atoms with van der Waals surface area (Å²) in [4.78, 5) is 12.5. The lowest BCUT2D eigenvalue weighted by atomic mass is 9.57. The maximum Gasteiger partial charge on any atom is 0.411 e. The van der Waals surface area contributed by atoms with Crippen molar-refractivity contribution in [2.45, 2.75) is 50.5 Å². The van der Waals surface area contributed by atoms with Crippen molar-refractivity contribution in [1.82, 2.24) is 29.6 Å². The topological polar surface area (TPSA) is 72.2 Å². The molecule has 7 rings (SSSR count). The molecule has 1 aliphatic carbocycles. The van der Waals surface area contributed by atoms with E-state index in [9.17, 15) is 13.2 Å². The van der Waals surface area contributed by atoms with Crippen molar-refractivity contribution in [2.75, 3.05) is 31.2 Å². The zero-order valence-electron chi connectivity index (χ0n) is 20.2. The van der Waals surface area contributed by atoms with Gasteiger partial charge in [0.2, 0.25) is 0 Å². The van der Waals surface area contributed by atoms with Gasteiger partial charge in [0, 0.05) is 48.4 Å². The second kappa shape index (κ2) is 7.87. The summed E-state index contributed by atoms with van der Waals surface area (Å²) in [6, 6.07) is 5.39. The Bertz CT molecular complexity index is 1370. The van der Waals surface area contributed by atoms with Gasteiger partial charge in [0.1, 0.15) is 11.6 Å². The van der Waals surface area contributed by atoms with E-state index in [0.717, 1.165) is 54.5 Å². The number of rotatable bonds is 3. The Hall–Kier alpha value is -2.76. The first kappa shape index (κ1) is 23.4. The third-order valence-electron chi connectivity index (χ3n) is 8.48. The predicted molar refractivity (Wildman–Crippen MR) is 129 cm³/mol. The summed E-state index contributed by atoms with van der Waals surface area (Å²) in [5.74, 6) is 2.44. The molecule has 1 saturated carbocycles. The summed E-state index contributed by atoms with van der Waals surface area (Å²) in [7, 11) is 0. The molecule has 8 nitrogen and oxygen atoms in total. The van der Waals surface area contributed by atoms with E-state index in [-0.39, 0.29) is 37.6 Å². The Morgan fingerprint density at radius 2 is 1.81 bits per heavy atom. The van der Waals surface area contributed by atoms with Gasteiger partial charge in [0.25, 0.3) is 0 Å². The van der Waals surface area contributed by atoms with Crippen LogP contribution in [-0.4, -0.2) is 67.7 Å². The van der Waals surface area contributed by atoms with Crippen LogP contribution < -0.4 is 4.90 Å². The number of benzene rings is 1. The van der Waals surface area contributed by atoms with E-state index in [0.29, 0.717) is 10.8 Å². The fraction of sp³-hybridized carbons (Fsp3) is 0.520. The molecule has 37 heavy (non-hydrogen) atoms. The first-order valence-electron chi connectivity index (χ1n) is 12.3. The number of aryl methyl sites for hydroxylation is 1. The molecule has 0 unspecified atom stereocenters. The summed E-state index contributed by atoms with van der Waals surface area (Å²) in [5.41, 5.74) is 0.604. The monoisotopic (exact) mass is 531 g/mol. The normalized spacial score (nSPS) is 22.5. The number of halogens is 4. The molecule has 0 radical (unpaired) electrons. The first-order valence-corrected chi connectivity index (χ1v) is 12.7. The number of fused-ring (bicyclic) bond motifs is 3. The highest BCUT2D eigenvalue weighted by Crippen LogP contribution is 2.57. The zero-order valence-corrected chi connectivity index (χ0v) is 20.9. The Morgan fingerprint density at radius 1 is 1.05 bits per heavy atom. The van der Waals surface area contributed by atoms with Crippen molar-refractivity contribution >= 4 is 17.4 Å². The minimum atomic E-state index is -4.43. The Labute approximate surface area is 216 Å². The molecule has 3 aliphatic heterocycles. The molecule has 2 saturated heterocycles. The van der Waals surface area contributed by atoms with Crippen molar-refractivity contribution in [3.05, 3.63) is 58.5 Å². The molecule has 3 aromatic rings. The van der Waals surface area contributed by atoms with Gasteiger partial charge in [-0.05, 0) is 43.5 Å². The summed E-state index contributed by atoms with van der Waals surface area (Å²) in [6.45, 7) is 3.15. The lowest BCUT2D eigenvalue weighted by molar-refractivity contribution is -0.310. The van der Waals surface area contributed by atoms with Crippen LogP contribution >= 0.6 is 11.6 Å². The molecule has 4 aliphatic rings. The highest BCUT2D eigenvalue weighted by molar-refractivity contribution is 6.30. The SMILES string of the molecule is Cc1nccnc1N1CC2(CC(c3nnc4n3-c3ccc(Cl)cc3CN(C3(C(F)(F)F)COC3)C4)C2)C1. The summed E-state index contributed by atoms with van der Waals surface area (Å²) in [6.07, 6.45) is 0.890. The van der Waals surface area contributed by atoms with E-state index >= 15 is 0 Å². The molecule has 0 amide bonds. The summed E-state index contributed by atoms with van der Waals surface area (Å²) in [5, 5.41) is 9.42. The number of ether oxygens (including phenoxy) is 1. The fourth-order valence-electron chi connectivity index (χ4n) is 6.46. The number of hydrogen-bond acceptors (Lipinski definition) is 7. The van der Waals surface area contributed by atoms with Crippen LogP contribution in [-0.2, 0) is 17.8 Å². The van der Waals surface area contributed by atoms with Gasteiger partial charge in [-0.3, -0.25) is 14.5 Å². The summed E-state index contributed by atoms with van der Waals surface area (Å²) < 4.78 is 49.7. The lowest BCUT2D eigenvalue weighted by Crippen LogP contribution is -2.69. The highest BCUT2D eigenvalue weighted by Gasteiger charge is 2.64. The van der Waals surface area contributed by atoms with E-state index in [2.05, 4.69) is 25.1 Å². The Morgan fingerprint density at radius 3 is 2.49 bits per heavy atom. The second-order valence-electron chi connectivity index (χ2n) is 10.9. The maximum absolute atomic E-state index is 14.2. The second-order valence-corrected chi connectivity index (χ2v) is 11.3. The maximum atomic E-state index is 14.2. The molecule has 5 heterocycles. The van der Waals surface area contributed by atoms with E-state index < -0.39 is 11.7 Å². The third kappa shape index (κ3) is 3.43. The number of alkyl halides is 3. The van der Waals surface area contributed by atoms with Crippen molar-refractivity contribution in [3.63, 3.8) is 0 Å². The van der Waals surface area contributed by atoms with Gasteiger partial charge >= 0.3 is 6.18 Å². The van der Waals surface area contributed by atoms with E-state index in [1.54, 1.807) is 24.5 Å². The van der Waals surface area contributed by atoms with Gasteiger partial charge in [-0.1, -0.05) is 11.6 Å². The fourth-order valence-corrected chi connectivity index (χ4v) is 6.66. The quantitative estimate of drug-likeness (QED) is 0.505. The lowest BCUT2D eigenvalue weighted by Gasteiger charge is -2.59. The standard InChI is InChI=1S/C25H25ClF3N7O/c1-15-21(31-5-4-30-15)34-11-23(12-34)7-17(8-23)22-33-32-20-10-35(24(13-37-14-24)25(27,28)29)9-16-6-18(26)2-3-19(16)36(20)22/h2-6,17H,7-14H2,1H3. The smallest absolute Gasteiger partial charge is 0.377 e. The van der Waals surface area contributed by atoms with Crippen LogP contribution in [0.1, 0.15) is 41.7 Å². The van der Waals surface area contributed by atoms with E-state index in [1.165, 1.54) is 4.90 Å². The molecular formula is C25H25ClF3N7O. The molecule has 12 heteroatoms. The van der Waals surface area contributed by atoms with Crippen molar-refractivity contribution in [3.8, 4) is 5.69 Å². The molecule has 2 aromatic heterocycles. The van der Waals surface area contributed by atoms with Crippen molar-refractivity contribution < 1.29 is 17.9 Å². The summed E-state index contributed by atoms with van der Waals surface area (Å²) >= 11 is 6.29. The molecule has 1 aromatic carbocycles. The molecule has 1 spiro atoms. The average Bonchev–Trinajstić information content (AvgIpc) is 3.07. The number of anilines is 1. The highest BCUT2D eigenvalue weighted by atomic mass is 35.5. The third-order valence-corrected chi connectivity index (χ3v) is 8.71. The van der Waals surface area contributed by atoms with Crippen LogP contribution in [0, 0.1) is 12.3 Å². The van der Waals surface area contributed by atoms with E-state index in [1.807, 2.05) is 17.6 Å². The van der Waals surface area contributed by atoms with Gasteiger partial charge in [0.05, 0.1) is 31.1 Å². The molecule has 0 N–H and O–H groups in total. The van der Waals surface area contributed by atoms with Crippen LogP contribution in [0.25, 0.3) is 5.69 Å². The van der Waals surface area contributed by atoms with Crippen LogP contribution in [0.5, 0.6) is 0 Å². The van der Waals surface area contributed by atoms with Gasteiger partial charge in [-0.2, -0.15) is 13.2 Å². The Kier molecular flexibility index (Phi) is 4.97. The van der Waals surface area contributed by atoms with Crippen LogP contribution in [0.15, 0.2) is 30.6 Å². The Balaban J connectivity index is 1.18. The van der Waals surface area contributed by atoms with Crippen LogP contribution in [0.2, 0.25) is 5.02 Å². The van der Waals surface area contributed by atoms with E-state index in [4.69, 9.17) is 16.3 Å². The van der Waals surface area contributed by atoms with Crippen LogP contribution in [0.4, 0.5) is 19.0 Å². The molecule has 194 valence electrons. The number of aromatic nitrogens is 5. The van der Waals surface area contributed by atoms with Gasteiger partial charge < -0.3 is 9.64 Å². The minimum absolute atomic E-state index is 0.0275. The zero-order chi connectivity index (χ0) is 25.6. The van der Waals surface area contributed by atoms with Crippen molar-refractivity contribution in [1.29, 1.82) is 0 Å². The molecule has 3 fully saturated rings. The van der Waals surface area contributed by atoms with Crippen molar-refractivity contribution in [2.24, 2.45) is 5.41 Å². The largest absolute Gasteiger partial charge is 0.411 e. The molecule has 0 bridgehead atoms. The predicted octanol–water partition coefficient (Wildman–Crippen LogP) is 4.05. The van der Waals surface area contributed by atoms with Gasteiger partial charge in [-0.25, -0.2) is 4.98 Å². The molecule has 0 atom stereocenters.